The Morgan fingerprint density at radius 3 is 1.83 bits per heavy atom. The van der Waals surface area contributed by atoms with Gasteiger partial charge in [0.05, 0.1) is 0 Å². The number of rotatable bonds is 0. The number of aromatic nitrogens is 1. The van der Waals surface area contributed by atoms with Gasteiger partial charge in [-0.25, -0.2) is 0 Å². The van der Waals surface area contributed by atoms with Crippen LogP contribution in [0.3, 0.4) is 0 Å². The summed E-state index contributed by atoms with van der Waals surface area (Å²) < 4.78 is 0. The van der Waals surface area contributed by atoms with Gasteiger partial charge < -0.3 is 10.2 Å². The summed E-state index contributed by atoms with van der Waals surface area (Å²) in [5.41, 5.74) is 1.84. The zero-order valence-corrected chi connectivity index (χ0v) is 6.93. The van der Waals surface area contributed by atoms with Crippen LogP contribution in [-0.4, -0.2) is 15.2 Å². The fraction of sp³-hybridized carbons (Fsp3) is 0.556. The highest BCUT2D eigenvalue weighted by molar-refractivity contribution is 5.43. The molecule has 0 bridgehead atoms. The number of fused-ring (bicyclic) bond motifs is 1. The molecule has 0 saturated carbocycles. The highest BCUT2D eigenvalue weighted by Gasteiger charge is 2.17. The minimum Gasteiger partial charge on any atom is -0.494 e. The SMILES string of the molecule is Oc1[nH]c(O)c2c1CCCCC2. The molecule has 1 heterocycles. The highest BCUT2D eigenvalue weighted by Crippen LogP contribution is 2.33. The number of hydrogen-bond donors (Lipinski definition) is 3. The van der Waals surface area contributed by atoms with Gasteiger partial charge in [0.25, 0.3) is 0 Å². The Morgan fingerprint density at radius 1 is 0.833 bits per heavy atom. The number of H-pyrrole nitrogens is 1. The lowest BCUT2D eigenvalue weighted by atomic mass is 10.1. The second-order valence-corrected chi connectivity index (χ2v) is 3.34. The van der Waals surface area contributed by atoms with Crippen LogP contribution in [0.25, 0.3) is 0 Å². The first-order chi connectivity index (χ1) is 5.79. The van der Waals surface area contributed by atoms with Crippen molar-refractivity contribution in [3.05, 3.63) is 11.1 Å². The first-order valence-electron chi connectivity index (χ1n) is 4.40. The fourth-order valence-electron chi connectivity index (χ4n) is 1.87. The molecule has 2 rings (SSSR count). The highest BCUT2D eigenvalue weighted by atomic mass is 16.3. The van der Waals surface area contributed by atoms with E-state index in [-0.39, 0.29) is 11.8 Å². The van der Waals surface area contributed by atoms with E-state index >= 15 is 0 Å². The number of nitrogens with one attached hydrogen (secondary N) is 1. The number of aromatic hydroxyl groups is 2. The van der Waals surface area contributed by atoms with Gasteiger partial charge in [-0.3, -0.25) is 4.98 Å². The summed E-state index contributed by atoms with van der Waals surface area (Å²) >= 11 is 0. The predicted molar refractivity (Wildman–Crippen MR) is 45.4 cm³/mol. The maximum Gasteiger partial charge on any atom is 0.194 e. The van der Waals surface area contributed by atoms with Crippen LogP contribution in [-0.2, 0) is 12.8 Å². The molecule has 12 heavy (non-hydrogen) atoms. The summed E-state index contributed by atoms with van der Waals surface area (Å²) in [6, 6.07) is 0. The minimum atomic E-state index is 0.157. The van der Waals surface area contributed by atoms with Crippen molar-refractivity contribution in [2.75, 3.05) is 0 Å². The van der Waals surface area contributed by atoms with Crippen molar-refractivity contribution < 1.29 is 10.2 Å². The fourth-order valence-corrected chi connectivity index (χ4v) is 1.87. The monoisotopic (exact) mass is 167 g/mol. The third-order valence-electron chi connectivity index (χ3n) is 2.53. The molecule has 0 fully saturated rings. The smallest absolute Gasteiger partial charge is 0.194 e. The molecule has 3 heteroatoms. The molecule has 0 radical (unpaired) electrons. The van der Waals surface area contributed by atoms with E-state index in [2.05, 4.69) is 4.98 Å². The molecule has 1 aliphatic rings. The van der Waals surface area contributed by atoms with Crippen molar-refractivity contribution in [3.8, 4) is 11.8 Å². The van der Waals surface area contributed by atoms with Crippen LogP contribution < -0.4 is 0 Å². The van der Waals surface area contributed by atoms with E-state index in [1.165, 1.54) is 6.42 Å². The maximum atomic E-state index is 9.39. The molecule has 0 amide bonds. The van der Waals surface area contributed by atoms with Crippen molar-refractivity contribution in [1.29, 1.82) is 0 Å². The quantitative estimate of drug-likeness (QED) is 0.515. The molecule has 0 atom stereocenters. The Balaban J connectivity index is 2.44. The van der Waals surface area contributed by atoms with Gasteiger partial charge in [-0.15, -0.1) is 0 Å². The molecule has 0 aromatic carbocycles. The van der Waals surface area contributed by atoms with Crippen LogP contribution in [0, 0.1) is 0 Å². The van der Waals surface area contributed by atoms with Gasteiger partial charge >= 0.3 is 0 Å². The van der Waals surface area contributed by atoms with Crippen LogP contribution in [0.1, 0.15) is 30.4 Å². The molecule has 0 aliphatic heterocycles. The summed E-state index contributed by atoms with van der Waals surface area (Å²) in [5, 5.41) is 18.8. The van der Waals surface area contributed by atoms with Crippen LogP contribution in [0.4, 0.5) is 0 Å². The molecular weight excluding hydrogens is 154 g/mol. The van der Waals surface area contributed by atoms with Crippen LogP contribution in [0.15, 0.2) is 0 Å². The van der Waals surface area contributed by atoms with Crippen molar-refractivity contribution in [3.63, 3.8) is 0 Å². The van der Waals surface area contributed by atoms with E-state index in [1.807, 2.05) is 0 Å². The Kier molecular flexibility index (Phi) is 1.71. The molecule has 1 aliphatic carbocycles. The van der Waals surface area contributed by atoms with Crippen LogP contribution in [0.2, 0.25) is 0 Å². The molecule has 3 N–H and O–H groups in total. The summed E-state index contributed by atoms with van der Waals surface area (Å²) in [5.74, 6) is 0.314. The average Bonchev–Trinajstić information content (AvgIpc) is 2.29. The molecular formula is C9H13NO2. The van der Waals surface area contributed by atoms with Crippen molar-refractivity contribution in [1.82, 2.24) is 4.98 Å². The van der Waals surface area contributed by atoms with Gasteiger partial charge in [0.15, 0.2) is 11.8 Å². The zero-order valence-electron chi connectivity index (χ0n) is 6.93. The lowest BCUT2D eigenvalue weighted by Crippen LogP contribution is -1.84. The zero-order chi connectivity index (χ0) is 8.55. The average molecular weight is 167 g/mol. The summed E-state index contributed by atoms with van der Waals surface area (Å²) in [4.78, 5) is 2.56. The van der Waals surface area contributed by atoms with Crippen molar-refractivity contribution >= 4 is 0 Å². The molecule has 66 valence electrons. The Hall–Kier alpha value is -1.12. The second kappa shape index (κ2) is 2.73. The minimum absolute atomic E-state index is 0.157. The molecule has 0 saturated heterocycles. The largest absolute Gasteiger partial charge is 0.494 e. The van der Waals surface area contributed by atoms with Crippen LogP contribution >= 0.6 is 0 Å². The molecule has 3 nitrogen and oxygen atoms in total. The van der Waals surface area contributed by atoms with Gasteiger partial charge in [0.1, 0.15) is 0 Å². The lowest BCUT2D eigenvalue weighted by Gasteiger charge is -1.96. The van der Waals surface area contributed by atoms with Gasteiger partial charge in [0, 0.05) is 11.1 Å². The standard InChI is InChI=1S/C9H13NO2/c11-8-6-4-2-1-3-5-7(6)9(12)10-8/h10-12H,1-5H2. The lowest BCUT2D eigenvalue weighted by molar-refractivity contribution is 0.420. The normalized spacial score (nSPS) is 17.0. The third-order valence-corrected chi connectivity index (χ3v) is 2.53. The summed E-state index contributed by atoms with van der Waals surface area (Å²) in [6.45, 7) is 0. The van der Waals surface area contributed by atoms with Crippen LogP contribution in [0.5, 0.6) is 11.8 Å². The molecule has 1 aromatic heterocycles. The first-order valence-corrected chi connectivity index (χ1v) is 4.40. The Morgan fingerprint density at radius 2 is 1.33 bits per heavy atom. The Bertz CT molecular complexity index is 264. The Labute approximate surface area is 71.0 Å². The third kappa shape index (κ3) is 1.05. The van der Waals surface area contributed by atoms with E-state index in [9.17, 15) is 10.2 Å². The van der Waals surface area contributed by atoms with Gasteiger partial charge in [0.2, 0.25) is 0 Å². The number of aromatic amines is 1. The predicted octanol–water partition coefficient (Wildman–Crippen LogP) is 1.69. The van der Waals surface area contributed by atoms with E-state index < -0.39 is 0 Å². The second-order valence-electron chi connectivity index (χ2n) is 3.34. The maximum absolute atomic E-state index is 9.39. The van der Waals surface area contributed by atoms with E-state index in [4.69, 9.17) is 0 Å². The summed E-state index contributed by atoms with van der Waals surface area (Å²) in [6.07, 6.45) is 5.18. The molecule has 1 aromatic rings. The van der Waals surface area contributed by atoms with E-state index in [0.29, 0.717) is 0 Å². The van der Waals surface area contributed by atoms with E-state index in [0.717, 1.165) is 36.8 Å². The number of hydrogen-bond acceptors (Lipinski definition) is 2. The van der Waals surface area contributed by atoms with Crippen molar-refractivity contribution in [2.24, 2.45) is 0 Å². The van der Waals surface area contributed by atoms with E-state index in [1.54, 1.807) is 0 Å². The summed E-state index contributed by atoms with van der Waals surface area (Å²) in [7, 11) is 0. The van der Waals surface area contributed by atoms with Crippen molar-refractivity contribution in [2.45, 2.75) is 32.1 Å². The molecule has 0 spiro atoms. The van der Waals surface area contributed by atoms with Gasteiger partial charge in [-0.05, 0) is 25.7 Å². The van der Waals surface area contributed by atoms with Gasteiger partial charge in [-0.1, -0.05) is 6.42 Å². The topological polar surface area (TPSA) is 56.2 Å². The molecule has 0 unspecified atom stereocenters. The van der Waals surface area contributed by atoms with Gasteiger partial charge in [-0.2, -0.15) is 0 Å². The first kappa shape index (κ1) is 7.53.